The zero-order valence-corrected chi connectivity index (χ0v) is 7.90. The van der Waals surface area contributed by atoms with E-state index in [1.165, 1.54) is 0 Å². The van der Waals surface area contributed by atoms with Crippen LogP contribution in [0.1, 0.15) is 13.3 Å². The number of nitriles is 1. The van der Waals surface area contributed by atoms with Gasteiger partial charge in [-0.25, -0.2) is 4.39 Å². The highest BCUT2D eigenvalue weighted by atomic mass is 35.5. The maximum atomic E-state index is 13.5. The Kier molecular flexibility index (Phi) is 2.49. The highest BCUT2D eigenvalue weighted by molar-refractivity contribution is 6.19. The lowest BCUT2D eigenvalue weighted by atomic mass is 10.1. The van der Waals surface area contributed by atoms with Gasteiger partial charge in [0.25, 0.3) is 0 Å². The van der Waals surface area contributed by atoms with Crippen molar-refractivity contribution in [2.24, 2.45) is 5.41 Å². The number of carbonyl (C=O) groups is 1. The van der Waals surface area contributed by atoms with Gasteiger partial charge in [0.15, 0.2) is 11.1 Å². The third kappa shape index (κ3) is 1.28. The molecular weight excluding hydrogens is 197 g/mol. The van der Waals surface area contributed by atoms with Gasteiger partial charge in [0, 0.05) is 6.42 Å². The molecule has 0 saturated heterocycles. The molecule has 0 aromatic heterocycles. The van der Waals surface area contributed by atoms with Crippen molar-refractivity contribution in [1.29, 1.82) is 5.26 Å². The van der Waals surface area contributed by atoms with Crippen molar-refractivity contribution < 1.29 is 13.9 Å². The molecule has 1 rings (SSSR count). The molecular formula is C8H9ClFNO2. The van der Waals surface area contributed by atoms with Crippen LogP contribution in [0.25, 0.3) is 0 Å². The van der Waals surface area contributed by atoms with Gasteiger partial charge in [0.1, 0.15) is 0 Å². The second-order valence-electron chi connectivity index (χ2n) is 3.01. The minimum Gasteiger partial charge on any atom is -0.465 e. The summed E-state index contributed by atoms with van der Waals surface area (Å²) in [4.78, 5) is 11.2. The largest absolute Gasteiger partial charge is 0.465 e. The summed E-state index contributed by atoms with van der Waals surface area (Å²) in [5, 5.41) is 8.67. The average Bonchev–Trinajstić information content (AvgIpc) is 2.75. The van der Waals surface area contributed by atoms with E-state index in [2.05, 4.69) is 4.74 Å². The highest BCUT2D eigenvalue weighted by Crippen LogP contribution is 2.60. The van der Waals surface area contributed by atoms with Crippen molar-refractivity contribution in [3.8, 4) is 6.07 Å². The van der Waals surface area contributed by atoms with Crippen LogP contribution < -0.4 is 0 Å². The molecule has 5 heteroatoms. The molecule has 1 fully saturated rings. The van der Waals surface area contributed by atoms with Crippen LogP contribution in [0.4, 0.5) is 4.39 Å². The first kappa shape index (κ1) is 10.3. The van der Waals surface area contributed by atoms with Crippen LogP contribution in [-0.2, 0) is 9.53 Å². The molecule has 0 aliphatic heterocycles. The summed E-state index contributed by atoms with van der Waals surface area (Å²) in [5.74, 6) is -1.15. The van der Waals surface area contributed by atoms with E-state index in [9.17, 15) is 9.18 Å². The quantitative estimate of drug-likeness (QED) is 0.517. The lowest BCUT2D eigenvalue weighted by molar-refractivity contribution is -0.148. The van der Waals surface area contributed by atoms with E-state index in [1.54, 1.807) is 13.0 Å². The first-order valence-corrected chi connectivity index (χ1v) is 4.43. The molecule has 1 aliphatic rings. The van der Waals surface area contributed by atoms with Gasteiger partial charge in [-0.05, 0) is 6.92 Å². The molecule has 3 nitrogen and oxygen atoms in total. The Bertz CT molecular complexity index is 278. The van der Waals surface area contributed by atoms with Crippen LogP contribution in [-0.4, -0.2) is 24.1 Å². The van der Waals surface area contributed by atoms with E-state index in [0.717, 1.165) is 0 Å². The zero-order chi connectivity index (χ0) is 10.1. The van der Waals surface area contributed by atoms with Gasteiger partial charge < -0.3 is 4.74 Å². The van der Waals surface area contributed by atoms with Crippen LogP contribution in [0.15, 0.2) is 0 Å². The molecule has 72 valence electrons. The molecule has 0 heterocycles. The average molecular weight is 206 g/mol. The fourth-order valence-corrected chi connectivity index (χ4v) is 1.55. The Morgan fingerprint density at radius 1 is 1.85 bits per heavy atom. The molecule has 0 amide bonds. The summed E-state index contributed by atoms with van der Waals surface area (Å²) in [6.45, 7) is 1.74. The van der Waals surface area contributed by atoms with Crippen molar-refractivity contribution in [1.82, 2.24) is 0 Å². The summed E-state index contributed by atoms with van der Waals surface area (Å²) in [6, 6.07) is 1.64. The molecule has 2 unspecified atom stereocenters. The van der Waals surface area contributed by atoms with E-state index in [-0.39, 0.29) is 18.9 Å². The van der Waals surface area contributed by atoms with Gasteiger partial charge in [-0.2, -0.15) is 5.26 Å². The number of alkyl halides is 2. The number of nitrogens with zero attached hydrogens (tertiary/aromatic N) is 1. The molecule has 0 N–H and O–H groups in total. The van der Waals surface area contributed by atoms with E-state index >= 15 is 0 Å². The number of halogens is 2. The molecule has 0 radical (unpaired) electrons. The van der Waals surface area contributed by atoms with Crippen molar-refractivity contribution >= 4 is 17.6 Å². The van der Waals surface area contributed by atoms with Gasteiger partial charge in [-0.1, -0.05) is 0 Å². The van der Waals surface area contributed by atoms with Gasteiger partial charge in [0.2, 0.25) is 0 Å². The van der Waals surface area contributed by atoms with E-state index in [0.29, 0.717) is 0 Å². The monoisotopic (exact) mass is 205 g/mol. The predicted octanol–water partition coefficient (Wildman–Crippen LogP) is 1.41. The first-order chi connectivity index (χ1) is 6.06. The van der Waals surface area contributed by atoms with Gasteiger partial charge in [-0.3, -0.25) is 4.79 Å². The van der Waals surface area contributed by atoms with Crippen LogP contribution in [0.2, 0.25) is 0 Å². The van der Waals surface area contributed by atoms with Crippen molar-refractivity contribution in [3.05, 3.63) is 0 Å². The Morgan fingerprint density at radius 2 is 2.46 bits per heavy atom. The van der Waals surface area contributed by atoms with Gasteiger partial charge in [0.05, 0.1) is 18.6 Å². The van der Waals surface area contributed by atoms with Crippen molar-refractivity contribution in [2.75, 3.05) is 12.5 Å². The summed E-state index contributed by atoms with van der Waals surface area (Å²) in [6.07, 6.45) is -0.154. The molecule has 0 bridgehead atoms. The topological polar surface area (TPSA) is 50.1 Å². The maximum Gasteiger partial charge on any atom is 0.330 e. The molecule has 0 spiro atoms. The Balaban J connectivity index is 2.78. The second-order valence-corrected chi connectivity index (χ2v) is 3.28. The molecule has 13 heavy (non-hydrogen) atoms. The Morgan fingerprint density at radius 3 is 2.77 bits per heavy atom. The highest BCUT2D eigenvalue weighted by Gasteiger charge is 2.75. The zero-order valence-electron chi connectivity index (χ0n) is 7.14. The predicted molar refractivity (Wildman–Crippen MR) is 43.9 cm³/mol. The SMILES string of the molecule is CCOC(=O)C1(C#N)CC1(F)CCl. The lowest BCUT2D eigenvalue weighted by Crippen LogP contribution is -2.27. The number of ether oxygens (including phenoxy) is 1. The van der Waals surface area contributed by atoms with E-state index in [4.69, 9.17) is 16.9 Å². The summed E-state index contributed by atoms with van der Waals surface area (Å²) >= 11 is 5.31. The lowest BCUT2D eigenvalue weighted by Gasteiger charge is -2.09. The summed E-state index contributed by atoms with van der Waals surface area (Å²) < 4.78 is 18.1. The number of hydrogen-bond acceptors (Lipinski definition) is 3. The fraction of sp³-hybridized carbons (Fsp3) is 0.750. The number of carbonyl (C=O) groups excluding carboxylic acids is 1. The first-order valence-electron chi connectivity index (χ1n) is 3.89. The molecule has 0 aromatic carbocycles. The maximum absolute atomic E-state index is 13.5. The molecule has 1 aliphatic carbocycles. The van der Waals surface area contributed by atoms with Crippen molar-refractivity contribution in [2.45, 2.75) is 19.0 Å². The number of hydrogen-bond donors (Lipinski definition) is 0. The van der Waals surface area contributed by atoms with Crippen molar-refractivity contribution in [3.63, 3.8) is 0 Å². The Labute approximate surface area is 80.4 Å². The standard InChI is InChI=1S/C8H9ClFNO2/c1-2-13-6(12)7(5-11)3-8(7,10)4-9/h2-4H2,1H3. The van der Waals surface area contributed by atoms with Gasteiger partial charge in [-0.15, -0.1) is 11.6 Å². The van der Waals surface area contributed by atoms with Crippen LogP contribution in [0.3, 0.4) is 0 Å². The fourth-order valence-electron chi connectivity index (χ4n) is 1.23. The third-order valence-electron chi connectivity index (χ3n) is 2.21. The number of esters is 1. The normalized spacial score (nSPS) is 36.5. The minimum atomic E-state index is -1.89. The Hall–Kier alpha value is -0.820. The molecule has 0 aromatic rings. The second kappa shape index (κ2) is 3.15. The summed E-state index contributed by atoms with van der Waals surface area (Å²) in [5.41, 5.74) is -3.54. The van der Waals surface area contributed by atoms with E-state index in [1.807, 2.05) is 0 Å². The van der Waals surface area contributed by atoms with Gasteiger partial charge >= 0.3 is 5.97 Å². The van der Waals surface area contributed by atoms with E-state index < -0.39 is 17.1 Å². The van der Waals surface area contributed by atoms with Crippen LogP contribution >= 0.6 is 11.6 Å². The van der Waals surface area contributed by atoms with Crippen LogP contribution in [0.5, 0.6) is 0 Å². The third-order valence-corrected chi connectivity index (χ3v) is 2.64. The molecule has 1 saturated carbocycles. The van der Waals surface area contributed by atoms with Crippen LogP contribution in [0, 0.1) is 16.7 Å². The smallest absolute Gasteiger partial charge is 0.330 e. The summed E-state index contributed by atoms with van der Waals surface area (Å²) in [7, 11) is 0. The minimum absolute atomic E-state index is 0.140. The molecule has 2 atom stereocenters. The number of rotatable bonds is 3.